The van der Waals surface area contributed by atoms with Crippen LogP contribution in [0.15, 0.2) is 29.2 Å². The molecule has 0 bridgehead atoms. The number of pyridine rings is 3. The normalized spacial score (nSPS) is 18.0. The Kier molecular flexibility index (Phi) is 7.01. The molecule has 3 aromatic rings. The summed E-state index contributed by atoms with van der Waals surface area (Å²) < 4.78 is 59.4. The van der Waals surface area contributed by atoms with E-state index in [9.17, 15) is 22.8 Å². The number of fused-ring (bicyclic) bond motifs is 1. The van der Waals surface area contributed by atoms with Gasteiger partial charge >= 0.3 is 0 Å². The van der Waals surface area contributed by atoms with Gasteiger partial charge in [-0.2, -0.15) is 4.39 Å². The maximum absolute atomic E-state index is 15.0. The maximum atomic E-state index is 15.0. The van der Waals surface area contributed by atoms with Crippen LogP contribution in [0.25, 0.3) is 11.0 Å². The van der Waals surface area contributed by atoms with Crippen LogP contribution in [0.2, 0.25) is 0 Å². The minimum Gasteiger partial charge on any atom is -0.483 e. The number of aromatic amines is 1. The average molecular weight is 493 g/mol. The number of likely N-dealkylation sites (tertiary alicyclic amines) is 1. The molecule has 4 heterocycles. The Bertz CT molecular complexity index is 1320. The van der Waals surface area contributed by atoms with E-state index in [0.717, 1.165) is 0 Å². The molecule has 2 N–H and O–H groups in total. The van der Waals surface area contributed by atoms with E-state index in [-0.39, 0.29) is 35.1 Å². The number of hydrogen-bond acceptors (Lipinski definition) is 6. The summed E-state index contributed by atoms with van der Waals surface area (Å²) >= 11 is 0. The van der Waals surface area contributed by atoms with Crippen LogP contribution >= 0.6 is 0 Å². The van der Waals surface area contributed by atoms with Crippen LogP contribution < -0.4 is 15.6 Å². The van der Waals surface area contributed by atoms with Crippen LogP contribution in [0.5, 0.6) is 5.75 Å². The van der Waals surface area contributed by atoms with Gasteiger partial charge in [-0.25, -0.2) is 18.2 Å². The summed E-state index contributed by atoms with van der Waals surface area (Å²) in [5, 5.41) is 1.95. The lowest BCUT2D eigenvalue weighted by Gasteiger charge is -2.45. The first-order valence-electron chi connectivity index (χ1n) is 11.0. The van der Waals surface area contributed by atoms with Crippen molar-refractivity contribution in [3.63, 3.8) is 0 Å². The lowest BCUT2D eigenvalue weighted by atomic mass is 9.99. The molecule has 186 valence electrons. The van der Waals surface area contributed by atoms with Crippen molar-refractivity contribution in [2.45, 2.75) is 45.4 Å². The summed E-state index contributed by atoms with van der Waals surface area (Å²) in [7, 11) is 0. The Morgan fingerprint density at radius 2 is 2.09 bits per heavy atom. The number of halogens is 4. The summed E-state index contributed by atoms with van der Waals surface area (Å²) in [5.41, 5.74) is 0.553. The molecule has 35 heavy (non-hydrogen) atoms. The lowest BCUT2D eigenvalue weighted by Crippen LogP contribution is -2.60. The number of carbonyl (C=O) groups excluding carboxylic acids is 1. The number of carbonyl (C=O) groups is 1. The standard InChI is InChI=1S/C23H23F4N5O3/c1-3-12-6-15-20(31-22(12)33)19(26)13(7-28-15)9-32-10-17(11(32)2)35-16-5-4-14(30-21(16)27)23(34)29-8-18(24)25/h4-7,11,17-18H,3,8-10H2,1-2H3,(H,29,34)(H,31,33)/t11-,17+/m1/s1. The van der Waals surface area contributed by atoms with Crippen molar-refractivity contribution in [3.8, 4) is 5.75 Å². The van der Waals surface area contributed by atoms with E-state index in [2.05, 4.69) is 15.0 Å². The van der Waals surface area contributed by atoms with Gasteiger partial charge in [0.05, 0.1) is 12.1 Å². The second kappa shape index (κ2) is 9.98. The molecule has 3 aromatic heterocycles. The van der Waals surface area contributed by atoms with Gasteiger partial charge in [0.15, 0.2) is 11.6 Å². The molecule has 1 aliphatic rings. The third-order valence-corrected chi connectivity index (χ3v) is 5.98. The number of amides is 1. The molecule has 0 spiro atoms. The zero-order valence-corrected chi connectivity index (χ0v) is 18.9. The van der Waals surface area contributed by atoms with Crippen LogP contribution in [0, 0.1) is 11.8 Å². The molecular weight excluding hydrogens is 470 g/mol. The highest BCUT2D eigenvalue weighted by molar-refractivity contribution is 5.92. The summed E-state index contributed by atoms with van der Waals surface area (Å²) in [5.74, 6) is -2.70. The van der Waals surface area contributed by atoms with Crippen LogP contribution in [0.3, 0.4) is 0 Å². The van der Waals surface area contributed by atoms with E-state index in [1.165, 1.54) is 18.3 Å². The Hall–Kier alpha value is -3.54. The number of ether oxygens (including phenoxy) is 1. The zero-order valence-electron chi connectivity index (χ0n) is 18.9. The van der Waals surface area contributed by atoms with E-state index < -0.39 is 36.7 Å². The Balaban J connectivity index is 1.39. The van der Waals surface area contributed by atoms with Crippen molar-refractivity contribution in [2.24, 2.45) is 0 Å². The topological polar surface area (TPSA) is 100 Å². The SMILES string of the molecule is CCc1cc2ncc(CN3C[C@H](Oc4ccc(C(=O)NCC(F)F)nc4F)[C@H]3C)c(F)c2[nH]c1=O. The molecule has 1 saturated heterocycles. The predicted octanol–water partition coefficient (Wildman–Crippen LogP) is 2.81. The first-order valence-corrected chi connectivity index (χ1v) is 11.0. The number of aryl methyl sites for hydroxylation is 1. The van der Waals surface area contributed by atoms with E-state index in [0.29, 0.717) is 29.6 Å². The molecule has 0 unspecified atom stereocenters. The van der Waals surface area contributed by atoms with Crippen molar-refractivity contribution in [1.29, 1.82) is 0 Å². The van der Waals surface area contributed by atoms with Gasteiger partial charge in [0, 0.05) is 36.5 Å². The van der Waals surface area contributed by atoms with Gasteiger partial charge in [-0.3, -0.25) is 19.5 Å². The summed E-state index contributed by atoms with van der Waals surface area (Å²) in [6.07, 6.45) is -1.22. The van der Waals surface area contributed by atoms with Gasteiger partial charge in [0.2, 0.25) is 0 Å². The molecule has 0 saturated carbocycles. The van der Waals surface area contributed by atoms with Gasteiger partial charge in [-0.05, 0) is 31.5 Å². The monoisotopic (exact) mass is 493 g/mol. The molecule has 8 nitrogen and oxygen atoms in total. The number of rotatable bonds is 8. The smallest absolute Gasteiger partial charge is 0.270 e. The summed E-state index contributed by atoms with van der Waals surface area (Å²) in [4.78, 5) is 36.0. The molecule has 0 aromatic carbocycles. The highest BCUT2D eigenvalue weighted by Gasteiger charge is 2.38. The fraction of sp³-hybridized carbons (Fsp3) is 0.391. The molecule has 2 atom stereocenters. The first-order chi connectivity index (χ1) is 16.7. The fourth-order valence-electron chi connectivity index (χ4n) is 3.84. The first kappa shape index (κ1) is 24.6. The van der Waals surface area contributed by atoms with Gasteiger partial charge < -0.3 is 15.0 Å². The number of H-pyrrole nitrogens is 1. The fourth-order valence-corrected chi connectivity index (χ4v) is 3.84. The van der Waals surface area contributed by atoms with Crippen LogP contribution in [-0.2, 0) is 13.0 Å². The van der Waals surface area contributed by atoms with Crippen LogP contribution in [-0.4, -0.2) is 57.4 Å². The molecule has 1 fully saturated rings. The quantitative estimate of drug-likeness (QED) is 0.370. The lowest BCUT2D eigenvalue weighted by molar-refractivity contribution is -0.0437. The molecule has 4 rings (SSSR count). The Labute approximate surface area is 197 Å². The second-order valence-corrected chi connectivity index (χ2v) is 8.25. The van der Waals surface area contributed by atoms with E-state index in [1.54, 1.807) is 6.07 Å². The highest BCUT2D eigenvalue weighted by atomic mass is 19.3. The third kappa shape index (κ3) is 5.11. The van der Waals surface area contributed by atoms with Crippen molar-refractivity contribution >= 4 is 16.9 Å². The van der Waals surface area contributed by atoms with Crippen LogP contribution in [0.4, 0.5) is 17.6 Å². The molecule has 1 aliphatic heterocycles. The Morgan fingerprint density at radius 1 is 1.31 bits per heavy atom. The number of aromatic nitrogens is 3. The molecule has 0 aliphatic carbocycles. The maximum Gasteiger partial charge on any atom is 0.270 e. The van der Waals surface area contributed by atoms with Crippen molar-refractivity contribution < 1.29 is 27.1 Å². The highest BCUT2D eigenvalue weighted by Crippen LogP contribution is 2.28. The minimum absolute atomic E-state index is 0.0523. The van der Waals surface area contributed by atoms with Crippen molar-refractivity contribution in [3.05, 3.63) is 63.3 Å². The van der Waals surface area contributed by atoms with Gasteiger partial charge in [0.25, 0.3) is 23.8 Å². The minimum atomic E-state index is -2.73. The van der Waals surface area contributed by atoms with Crippen molar-refractivity contribution in [1.82, 2.24) is 25.2 Å². The predicted molar refractivity (Wildman–Crippen MR) is 119 cm³/mol. The summed E-state index contributed by atoms with van der Waals surface area (Å²) in [6, 6.07) is 3.76. The van der Waals surface area contributed by atoms with Gasteiger partial charge in [0.1, 0.15) is 17.3 Å². The van der Waals surface area contributed by atoms with E-state index >= 15 is 4.39 Å². The van der Waals surface area contributed by atoms with Gasteiger partial charge in [-0.1, -0.05) is 6.92 Å². The summed E-state index contributed by atoms with van der Waals surface area (Å²) in [6.45, 7) is 3.36. The molecule has 0 radical (unpaired) electrons. The molecule has 12 heteroatoms. The molecule has 1 amide bonds. The molecular formula is C23H23F4N5O3. The van der Waals surface area contributed by atoms with E-state index in [4.69, 9.17) is 4.74 Å². The van der Waals surface area contributed by atoms with Crippen molar-refractivity contribution in [2.75, 3.05) is 13.1 Å². The zero-order chi connectivity index (χ0) is 25.3. The average Bonchev–Trinajstić information content (AvgIpc) is 2.83. The van der Waals surface area contributed by atoms with Gasteiger partial charge in [-0.15, -0.1) is 0 Å². The number of nitrogens with zero attached hydrogens (tertiary/aromatic N) is 3. The number of hydrogen-bond donors (Lipinski definition) is 2. The van der Waals surface area contributed by atoms with Crippen LogP contribution in [0.1, 0.15) is 35.5 Å². The van der Waals surface area contributed by atoms with E-state index in [1.807, 2.05) is 24.1 Å². The largest absolute Gasteiger partial charge is 0.483 e. The third-order valence-electron chi connectivity index (χ3n) is 5.98. The Morgan fingerprint density at radius 3 is 2.74 bits per heavy atom. The number of alkyl halides is 2. The second-order valence-electron chi connectivity index (χ2n) is 8.25. The number of nitrogens with one attached hydrogen (secondary N) is 2.